The van der Waals surface area contributed by atoms with Gasteiger partial charge in [0.05, 0.1) is 21.7 Å². The molecule has 0 N–H and O–H groups in total. The number of hydrogen-bond donors (Lipinski definition) is 0. The minimum atomic E-state index is 1.00. The summed E-state index contributed by atoms with van der Waals surface area (Å²) in [5.74, 6) is 0. The van der Waals surface area contributed by atoms with Gasteiger partial charge in [0, 0.05) is 25.0 Å². The number of nitrogens with zero attached hydrogens (tertiary/aromatic N) is 2. The van der Waals surface area contributed by atoms with Crippen LogP contribution in [0.25, 0.3) is 0 Å². The van der Waals surface area contributed by atoms with E-state index in [1.807, 2.05) is 11.3 Å². The Hall–Kier alpha value is -1.00. The van der Waals surface area contributed by atoms with Crippen LogP contribution in [0.3, 0.4) is 0 Å². The van der Waals surface area contributed by atoms with Crippen LogP contribution in [0.2, 0.25) is 0 Å². The molecule has 1 aliphatic heterocycles. The molecule has 0 aliphatic carbocycles. The highest BCUT2D eigenvalue weighted by Gasteiger charge is 2.19. The number of para-hydroxylation sites is 2. The van der Waals surface area contributed by atoms with Crippen molar-refractivity contribution in [3.8, 4) is 0 Å². The van der Waals surface area contributed by atoms with E-state index in [4.69, 9.17) is 0 Å². The third-order valence-corrected chi connectivity index (χ3v) is 4.92. The number of fused-ring (bicyclic) bond motifs is 1. The zero-order valence-electron chi connectivity index (χ0n) is 10.3. The van der Waals surface area contributed by atoms with Crippen LogP contribution in [0.15, 0.2) is 40.2 Å². The van der Waals surface area contributed by atoms with Gasteiger partial charge in [-0.15, -0.1) is 11.3 Å². The molecule has 2 nitrogen and oxygen atoms in total. The summed E-state index contributed by atoms with van der Waals surface area (Å²) >= 11 is 5.35. The highest BCUT2D eigenvalue weighted by atomic mass is 79.9. The fraction of sp³-hybridized carbons (Fsp3) is 0.286. The number of benzene rings is 1. The third-order valence-electron chi connectivity index (χ3n) is 3.31. The minimum absolute atomic E-state index is 1.00. The zero-order valence-corrected chi connectivity index (χ0v) is 12.7. The molecule has 4 heteroatoms. The van der Waals surface area contributed by atoms with E-state index < -0.39 is 0 Å². The SMILES string of the molecule is CN1CCN(Cc2ccc(Br)s2)c2ccccc21. The lowest BCUT2D eigenvalue weighted by Crippen LogP contribution is -2.38. The lowest BCUT2D eigenvalue weighted by atomic mass is 10.1. The fourth-order valence-electron chi connectivity index (χ4n) is 2.36. The van der Waals surface area contributed by atoms with Crippen LogP contribution in [0.5, 0.6) is 0 Å². The predicted octanol–water partition coefficient (Wildman–Crippen LogP) is 3.97. The van der Waals surface area contributed by atoms with Gasteiger partial charge in [0.2, 0.25) is 0 Å². The number of thiophene rings is 1. The Labute approximate surface area is 120 Å². The van der Waals surface area contributed by atoms with E-state index in [0.717, 1.165) is 19.6 Å². The Kier molecular flexibility index (Phi) is 3.31. The van der Waals surface area contributed by atoms with Gasteiger partial charge >= 0.3 is 0 Å². The summed E-state index contributed by atoms with van der Waals surface area (Å²) in [6, 6.07) is 13.0. The van der Waals surface area contributed by atoms with Crippen LogP contribution in [0, 0.1) is 0 Å². The summed E-state index contributed by atoms with van der Waals surface area (Å²) in [4.78, 5) is 6.20. The average molecular weight is 323 g/mol. The first-order valence-electron chi connectivity index (χ1n) is 6.03. The van der Waals surface area contributed by atoms with Gasteiger partial charge in [-0.2, -0.15) is 0 Å². The molecule has 0 amide bonds. The fourth-order valence-corrected chi connectivity index (χ4v) is 3.85. The van der Waals surface area contributed by atoms with E-state index in [0.29, 0.717) is 0 Å². The number of rotatable bonds is 2. The molecule has 94 valence electrons. The maximum Gasteiger partial charge on any atom is 0.0702 e. The van der Waals surface area contributed by atoms with Gasteiger partial charge in [-0.3, -0.25) is 0 Å². The van der Waals surface area contributed by atoms with E-state index in [1.165, 1.54) is 20.0 Å². The molecule has 0 radical (unpaired) electrons. The van der Waals surface area contributed by atoms with Crippen molar-refractivity contribution < 1.29 is 0 Å². The van der Waals surface area contributed by atoms with Gasteiger partial charge < -0.3 is 9.80 Å². The van der Waals surface area contributed by atoms with Crippen molar-refractivity contribution in [2.24, 2.45) is 0 Å². The number of anilines is 2. The molecule has 0 unspecified atom stereocenters. The van der Waals surface area contributed by atoms with E-state index in [2.05, 4.69) is 69.2 Å². The van der Waals surface area contributed by atoms with Gasteiger partial charge in [0.25, 0.3) is 0 Å². The summed E-state index contributed by atoms with van der Waals surface area (Å²) in [7, 11) is 2.16. The van der Waals surface area contributed by atoms with Crippen molar-refractivity contribution in [1.29, 1.82) is 0 Å². The lowest BCUT2D eigenvalue weighted by Gasteiger charge is -2.36. The molecule has 0 spiro atoms. The van der Waals surface area contributed by atoms with E-state index >= 15 is 0 Å². The first-order chi connectivity index (χ1) is 8.74. The Morgan fingerprint density at radius 1 is 1.11 bits per heavy atom. The second-order valence-electron chi connectivity index (χ2n) is 4.54. The highest BCUT2D eigenvalue weighted by molar-refractivity contribution is 9.11. The van der Waals surface area contributed by atoms with E-state index in [-0.39, 0.29) is 0 Å². The molecule has 2 aromatic rings. The molecule has 1 aromatic carbocycles. The first-order valence-corrected chi connectivity index (χ1v) is 7.64. The summed E-state index contributed by atoms with van der Waals surface area (Å²) in [6.07, 6.45) is 0. The van der Waals surface area contributed by atoms with E-state index in [9.17, 15) is 0 Å². The summed E-state index contributed by atoms with van der Waals surface area (Å²) in [5, 5.41) is 0. The van der Waals surface area contributed by atoms with Gasteiger partial charge in [-0.25, -0.2) is 0 Å². The quantitative estimate of drug-likeness (QED) is 0.825. The summed E-state index contributed by atoms with van der Waals surface area (Å²) < 4.78 is 1.21. The highest BCUT2D eigenvalue weighted by Crippen LogP contribution is 2.34. The molecule has 0 bridgehead atoms. The summed E-state index contributed by atoms with van der Waals surface area (Å²) in [5.41, 5.74) is 2.68. The lowest BCUT2D eigenvalue weighted by molar-refractivity contribution is 0.740. The molecule has 0 atom stereocenters. The Morgan fingerprint density at radius 2 is 1.89 bits per heavy atom. The van der Waals surface area contributed by atoms with Crippen LogP contribution < -0.4 is 9.80 Å². The maximum absolute atomic E-state index is 3.53. The van der Waals surface area contributed by atoms with Crippen molar-refractivity contribution in [2.45, 2.75) is 6.54 Å². The topological polar surface area (TPSA) is 6.48 Å². The Bertz CT molecular complexity index is 552. The van der Waals surface area contributed by atoms with Gasteiger partial charge in [-0.1, -0.05) is 12.1 Å². The Morgan fingerprint density at radius 3 is 2.61 bits per heavy atom. The second-order valence-corrected chi connectivity index (χ2v) is 7.09. The molecular weight excluding hydrogens is 308 g/mol. The monoisotopic (exact) mass is 322 g/mol. The van der Waals surface area contributed by atoms with Crippen molar-refractivity contribution in [1.82, 2.24) is 0 Å². The Balaban J connectivity index is 1.88. The molecule has 1 aliphatic rings. The molecule has 1 aromatic heterocycles. The van der Waals surface area contributed by atoms with Crippen molar-refractivity contribution >= 4 is 38.6 Å². The number of hydrogen-bond acceptors (Lipinski definition) is 3. The van der Waals surface area contributed by atoms with Crippen LogP contribution in [-0.4, -0.2) is 20.1 Å². The number of likely N-dealkylation sites (N-methyl/N-ethyl adjacent to an activating group) is 1. The predicted molar refractivity (Wildman–Crippen MR) is 82.8 cm³/mol. The van der Waals surface area contributed by atoms with E-state index in [1.54, 1.807) is 0 Å². The third kappa shape index (κ3) is 2.27. The largest absolute Gasteiger partial charge is 0.371 e. The number of halogens is 1. The van der Waals surface area contributed by atoms with Crippen LogP contribution in [0.1, 0.15) is 4.88 Å². The summed E-state index contributed by atoms with van der Waals surface area (Å²) in [6.45, 7) is 3.17. The molecule has 2 heterocycles. The zero-order chi connectivity index (χ0) is 12.5. The standard InChI is InChI=1S/C14H15BrN2S/c1-16-8-9-17(10-11-6-7-14(15)18-11)13-5-3-2-4-12(13)16/h2-7H,8-10H2,1H3. The van der Waals surface area contributed by atoms with Crippen molar-refractivity contribution in [3.05, 3.63) is 45.1 Å². The molecule has 0 fully saturated rings. The van der Waals surface area contributed by atoms with Gasteiger partial charge in [-0.05, 0) is 40.2 Å². The second kappa shape index (κ2) is 4.94. The van der Waals surface area contributed by atoms with Crippen molar-refractivity contribution in [2.75, 3.05) is 29.9 Å². The van der Waals surface area contributed by atoms with Gasteiger partial charge in [0.15, 0.2) is 0 Å². The molecule has 0 saturated heterocycles. The molecule has 0 saturated carbocycles. The average Bonchev–Trinajstić information content (AvgIpc) is 2.79. The van der Waals surface area contributed by atoms with Crippen LogP contribution >= 0.6 is 27.3 Å². The smallest absolute Gasteiger partial charge is 0.0702 e. The maximum atomic E-state index is 3.53. The normalized spacial score (nSPS) is 14.8. The molecular formula is C14H15BrN2S. The first kappa shape index (κ1) is 12.1. The van der Waals surface area contributed by atoms with Crippen LogP contribution in [-0.2, 0) is 6.54 Å². The van der Waals surface area contributed by atoms with Crippen LogP contribution in [0.4, 0.5) is 11.4 Å². The van der Waals surface area contributed by atoms with Gasteiger partial charge in [0.1, 0.15) is 0 Å². The molecule has 3 rings (SSSR count). The molecule has 18 heavy (non-hydrogen) atoms. The van der Waals surface area contributed by atoms with Crippen molar-refractivity contribution in [3.63, 3.8) is 0 Å². The minimum Gasteiger partial charge on any atom is -0.371 e.